The van der Waals surface area contributed by atoms with Gasteiger partial charge in [-0.25, -0.2) is 0 Å². The Balaban J connectivity index is 1.29. The van der Waals surface area contributed by atoms with Crippen LogP contribution in [-0.4, -0.2) is 51.7 Å². The van der Waals surface area contributed by atoms with Crippen LogP contribution in [0.15, 0.2) is 42.6 Å². The van der Waals surface area contributed by atoms with E-state index in [1.54, 1.807) is 6.07 Å². The number of ether oxygens (including phenoxy) is 2. The van der Waals surface area contributed by atoms with Gasteiger partial charge < -0.3 is 14.4 Å². The summed E-state index contributed by atoms with van der Waals surface area (Å²) in [4.78, 5) is 14.8. The van der Waals surface area contributed by atoms with E-state index in [1.807, 2.05) is 45.8 Å². The molecule has 27 heavy (non-hydrogen) atoms. The van der Waals surface area contributed by atoms with Gasteiger partial charge >= 0.3 is 0 Å². The van der Waals surface area contributed by atoms with E-state index >= 15 is 0 Å². The molecule has 1 aromatic carbocycles. The Morgan fingerprint density at radius 1 is 1.00 bits per heavy atom. The van der Waals surface area contributed by atoms with Gasteiger partial charge in [0.2, 0.25) is 0 Å². The molecule has 0 saturated carbocycles. The second-order valence-corrected chi connectivity index (χ2v) is 6.91. The van der Waals surface area contributed by atoms with E-state index < -0.39 is 0 Å². The minimum atomic E-state index is 0.0384. The van der Waals surface area contributed by atoms with Crippen molar-refractivity contribution in [1.29, 1.82) is 0 Å². The van der Waals surface area contributed by atoms with Crippen molar-refractivity contribution in [3.8, 4) is 11.5 Å². The zero-order valence-corrected chi connectivity index (χ0v) is 14.9. The Hall–Kier alpha value is -3.09. The van der Waals surface area contributed by atoms with E-state index in [2.05, 4.69) is 10.2 Å². The van der Waals surface area contributed by atoms with Crippen LogP contribution in [0.1, 0.15) is 34.9 Å². The van der Waals surface area contributed by atoms with Gasteiger partial charge in [-0.2, -0.15) is 0 Å². The fourth-order valence-electron chi connectivity index (χ4n) is 3.84. The van der Waals surface area contributed by atoms with Crippen LogP contribution in [-0.2, 0) is 0 Å². The fourth-order valence-corrected chi connectivity index (χ4v) is 3.84. The Bertz CT molecular complexity index is 992. The highest BCUT2D eigenvalue weighted by Crippen LogP contribution is 2.32. The Kier molecular flexibility index (Phi) is 3.92. The molecule has 1 saturated heterocycles. The average Bonchev–Trinajstić information content (AvgIpc) is 3.17. The Morgan fingerprint density at radius 2 is 1.81 bits per heavy atom. The third-order valence-corrected chi connectivity index (χ3v) is 5.28. The smallest absolute Gasteiger partial charge is 0.253 e. The molecule has 5 rings (SSSR count). The summed E-state index contributed by atoms with van der Waals surface area (Å²) in [6, 6.07) is 11.3. The largest absolute Gasteiger partial charge is 0.486 e. The summed E-state index contributed by atoms with van der Waals surface area (Å²) in [5.74, 6) is 2.69. The molecule has 2 aliphatic heterocycles. The number of hydrogen-bond acceptors (Lipinski definition) is 5. The van der Waals surface area contributed by atoms with Crippen LogP contribution in [0.2, 0.25) is 0 Å². The maximum atomic E-state index is 12.9. The molecule has 0 unspecified atom stereocenters. The highest BCUT2D eigenvalue weighted by atomic mass is 16.6. The molecule has 1 amide bonds. The number of fused-ring (bicyclic) bond motifs is 2. The number of pyridine rings is 1. The Morgan fingerprint density at radius 3 is 2.67 bits per heavy atom. The summed E-state index contributed by atoms with van der Waals surface area (Å²) in [7, 11) is 0. The zero-order valence-electron chi connectivity index (χ0n) is 14.9. The van der Waals surface area contributed by atoms with E-state index in [0.717, 1.165) is 24.3 Å². The number of benzene rings is 1. The summed E-state index contributed by atoms with van der Waals surface area (Å²) in [6.45, 7) is 2.48. The molecule has 7 nitrogen and oxygen atoms in total. The van der Waals surface area contributed by atoms with E-state index in [0.29, 0.717) is 49.3 Å². The highest BCUT2D eigenvalue weighted by molar-refractivity contribution is 5.95. The fraction of sp³-hybridized carbons (Fsp3) is 0.350. The van der Waals surface area contributed by atoms with Crippen LogP contribution < -0.4 is 9.47 Å². The number of piperidine rings is 1. The molecule has 138 valence electrons. The molecule has 1 fully saturated rings. The molecular formula is C20H20N4O3. The molecule has 0 bridgehead atoms. The number of nitrogens with zero attached hydrogens (tertiary/aromatic N) is 4. The first kappa shape index (κ1) is 16.1. The van der Waals surface area contributed by atoms with Crippen molar-refractivity contribution in [2.45, 2.75) is 18.8 Å². The van der Waals surface area contributed by atoms with Gasteiger partial charge in [0.1, 0.15) is 19.0 Å². The molecule has 0 N–H and O–H groups in total. The van der Waals surface area contributed by atoms with Crippen LogP contribution in [0.3, 0.4) is 0 Å². The topological polar surface area (TPSA) is 69.0 Å². The van der Waals surface area contributed by atoms with Gasteiger partial charge in [0.05, 0.1) is 0 Å². The second-order valence-electron chi connectivity index (χ2n) is 6.91. The first-order valence-corrected chi connectivity index (χ1v) is 9.28. The quantitative estimate of drug-likeness (QED) is 0.699. The van der Waals surface area contributed by atoms with Gasteiger partial charge in [0.25, 0.3) is 5.91 Å². The molecule has 0 aliphatic carbocycles. The van der Waals surface area contributed by atoms with Crippen molar-refractivity contribution in [1.82, 2.24) is 19.5 Å². The first-order valence-electron chi connectivity index (χ1n) is 9.28. The Labute approximate surface area is 156 Å². The predicted octanol–water partition coefficient (Wildman–Crippen LogP) is 2.52. The van der Waals surface area contributed by atoms with E-state index in [4.69, 9.17) is 9.47 Å². The molecule has 3 aromatic rings. The van der Waals surface area contributed by atoms with Crippen molar-refractivity contribution < 1.29 is 14.3 Å². The van der Waals surface area contributed by atoms with E-state index in [1.165, 1.54) is 0 Å². The molecule has 2 aliphatic rings. The summed E-state index contributed by atoms with van der Waals surface area (Å²) in [6.07, 6.45) is 3.76. The summed E-state index contributed by atoms with van der Waals surface area (Å²) in [5, 5.41) is 8.62. The number of likely N-dealkylation sites (tertiary alicyclic amines) is 1. The van der Waals surface area contributed by atoms with Crippen LogP contribution in [0, 0.1) is 0 Å². The third kappa shape index (κ3) is 2.89. The lowest BCUT2D eigenvalue weighted by Gasteiger charge is -2.31. The van der Waals surface area contributed by atoms with Crippen molar-refractivity contribution in [2.24, 2.45) is 0 Å². The van der Waals surface area contributed by atoms with Gasteiger partial charge in [-0.3, -0.25) is 9.20 Å². The van der Waals surface area contributed by atoms with Gasteiger partial charge in [-0.1, -0.05) is 6.07 Å². The van der Waals surface area contributed by atoms with Crippen LogP contribution >= 0.6 is 0 Å². The van der Waals surface area contributed by atoms with E-state index in [9.17, 15) is 4.79 Å². The number of carbonyl (C=O) groups excluding carboxylic acids is 1. The number of hydrogen-bond donors (Lipinski definition) is 0. The molecule has 0 radical (unpaired) electrons. The standard InChI is InChI=1S/C20H20N4O3/c25-20(15-4-5-16-17(13-15)27-12-11-26-16)23-9-6-14(7-10-23)19-22-21-18-3-1-2-8-24(18)19/h1-5,8,13-14H,6-7,9-12H2. The zero-order chi connectivity index (χ0) is 18.2. The molecular weight excluding hydrogens is 344 g/mol. The SMILES string of the molecule is O=C(c1ccc2c(c1)OCCO2)N1CCC(c2nnc3ccccn23)CC1. The average molecular weight is 364 g/mol. The van der Waals surface area contributed by atoms with E-state index in [-0.39, 0.29) is 5.91 Å². The maximum Gasteiger partial charge on any atom is 0.253 e. The van der Waals surface area contributed by atoms with Gasteiger partial charge in [0.15, 0.2) is 17.1 Å². The summed E-state index contributed by atoms with van der Waals surface area (Å²) in [5.41, 5.74) is 1.51. The number of rotatable bonds is 2. The number of carbonyl (C=O) groups is 1. The highest BCUT2D eigenvalue weighted by Gasteiger charge is 2.28. The van der Waals surface area contributed by atoms with Crippen LogP contribution in [0.25, 0.3) is 5.65 Å². The molecule has 4 heterocycles. The van der Waals surface area contributed by atoms with Gasteiger partial charge in [-0.15, -0.1) is 10.2 Å². The molecule has 7 heteroatoms. The predicted molar refractivity (Wildman–Crippen MR) is 98.3 cm³/mol. The minimum Gasteiger partial charge on any atom is -0.486 e. The van der Waals surface area contributed by atoms with Gasteiger partial charge in [0, 0.05) is 30.8 Å². The monoisotopic (exact) mass is 364 g/mol. The van der Waals surface area contributed by atoms with Crippen molar-refractivity contribution in [2.75, 3.05) is 26.3 Å². The minimum absolute atomic E-state index is 0.0384. The van der Waals surface area contributed by atoms with Crippen LogP contribution in [0.5, 0.6) is 11.5 Å². The molecule has 0 spiro atoms. The molecule has 0 atom stereocenters. The van der Waals surface area contributed by atoms with Crippen LogP contribution in [0.4, 0.5) is 0 Å². The number of amides is 1. The van der Waals surface area contributed by atoms with Crippen molar-refractivity contribution >= 4 is 11.6 Å². The first-order chi connectivity index (χ1) is 13.3. The maximum absolute atomic E-state index is 12.9. The van der Waals surface area contributed by atoms with Crippen molar-refractivity contribution in [3.63, 3.8) is 0 Å². The normalized spacial score (nSPS) is 17.3. The molecule has 2 aromatic heterocycles. The second kappa shape index (κ2) is 6.57. The summed E-state index contributed by atoms with van der Waals surface area (Å²) >= 11 is 0. The summed E-state index contributed by atoms with van der Waals surface area (Å²) < 4.78 is 13.2. The lowest BCUT2D eigenvalue weighted by Crippen LogP contribution is -2.38. The van der Waals surface area contributed by atoms with Crippen molar-refractivity contribution in [3.05, 3.63) is 54.0 Å². The lowest BCUT2D eigenvalue weighted by atomic mass is 9.95. The van der Waals surface area contributed by atoms with Gasteiger partial charge in [-0.05, 0) is 43.2 Å². The third-order valence-electron chi connectivity index (χ3n) is 5.28. The number of aromatic nitrogens is 3. The lowest BCUT2D eigenvalue weighted by molar-refractivity contribution is 0.0709.